The molecular weight excluding hydrogens is 407 g/mol. The van der Waals surface area contributed by atoms with E-state index in [-0.39, 0.29) is 18.2 Å². The highest BCUT2D eigenvalue weighted by Crippen LogP contribution is 2.26. The van der Waals surface area contributed by atoms with Gasteiger partial charge in [0.1, 0.15) is 5.75 Å². The average Bonchev–Trinajstić information content (AvgIpc) is 2.56. The predicted molar refractivity (Wildman–Crippen MR) is 97.8 cm³/mol. The molecule has 1 aromatic carbocycles. The third kappa shape index (κ3) is 6.14. The van der Waals surface area contributed by atoms with Crippen LogP contribution in [-0.4, -0.2) is 25.5 Å². The SMILES string of the molecule is CCOC(=O)C[C@H](/C=C/I)c1ccc(OC2CCCCO2)cc1. The van der Waals surface area contributed by atoms with Crippen LogP contribution in [0.5, 0.6) is 5.75 Å². The Morgan fingerprint density at radius 2 is 2.17 bits per heavy atom. The molecule has 0 aliphatic carbocycles. The van der Waals surface area contributed by atoms with Crippen LogP contribution in [0.3, 0.4) is 0 Å². The standard InChI is InChI=1S/C18H23IO4/c1-2-21-17(20)13-15(10-11-19)14-6-8-16(9-7-14)23-18-5-3-4-12-22-18/h6-11,15,18H,2-5,12-13H2,1H3/b11-10+/t15-,18?/m0/s1. The van der Waals surface area contributed by atoms with Crippen LogP contribution >= 0.6 is 22.6 Å². The van der Waals surface area contributed by atoms with Gasteiger partial charge in [0.25, 0.3) is 0 Å². The molecule has 0 amide bonds. The van der Waals surface area contributed by atoms with Gasteiger partial charge in [0, 0.05) is 12.3 Å². The van der Waals surface area contributed by atoms with E-state index in [0.717, 1.165) is 37.2 Å². The third-order valence-corrected chi connectivity index (χ3v) is 4.13. The van der Waals surface area contributed by atoms with E-state index in [2.05, 4.69) is 22.6 Å². The van der Waals surface area contributed by atoms with Crippen molar-refractivity contribution in [3.05, 3.63) is 40.0 Å². The van der Waals surface area contributed by atoms with Gasteiger partial charge in [-0.25, -0.2) is 0 Å². The summed E-state index contributed by atoms with van der Waals surface area (Å²) in [6, 6.07) is 7.87. The minimum atomic E-state index is -0.178. The van der Waals surface area contributed by atoms with Gasteiger partial charge in [-0.15, -0.1) is 0 Å². The van der Waals surface area contributed by atoms with Crippen LogP contribution in [0.2, 0.25) is 0 Å². The molecule has 5 heteroatoms. The van der Waals surface area contributed by atoms with Gasteiger partial charge in [0.2, 0.25) is 0 Å². The lowest BCUT2D eigenvalue weighted by Gasteiger charge is -2.23. The van der Waals surface area contributed by atoms with Gasteiger partial charge in [-0.1, -0.05) is 40.8 Å². The summed E-state index contributed by atoms with van der Waals surface area (Å²) in [5.74, 6) is 0.642. The van der Waals surface area contributed by atoms with Gasteiger partial charge in [0.05, 0.1) is 19.6 Å². The fourth-order valence-electron chi connectivity index (χ4n) is 2.53. The van der Waals surface area contributed by atoms with Crippen molar-refractivity contribution >= 4 is 28.6 Å². The van der Waals surface area contributed by atoms with E-state index in [4.69, 9.17) is 14.2 Å². The van der Waals surface area contributed by atoms with Crippen molar-refractivity contribution in [1.29, 1.82) is 0 Å². The minimum absolute atomic E-state index is 0.0194. The zero-order valence-corrected chi connectivity index (χ0v) is 15.5. The summed E-state index contributed by atoms with van der Waals surface area (Å²) < 4.78 is 18.4. The van der Waals surface area contributed by atoms with Crippen LogP contribution in [-0.2, 0) is 14.3 Å². The topological polar surface area (TPSA) is 44.8 Å². The van der Waals surface area contributed by atoms with E-state index in [1.54, 1.807) is 0 Å². The predicted octanol–water partition coefficient (Wildman–Crippen LogP) is 4.58. The molecule has 0 radical (unpaired) electrons. The number of carbonyl (C=O) groups excluding carboxylic acids is 1. The summed E-state index contributed by atoms with van der Waals surface area (Å²) in [4.78, 5) is 11.7. The number of hydrogen-bond acceptors (Lipinski definition) is 4. The number of benzene rings is 1. The molecule has 0 spiro atoms. The van der Waals surface area contributed by atoms with Crippen molar-refractivity contribution in [2.45, 2.75) is 44.8 Å². The van der Waals surface area contributed by atoms with Gasteiger partial charge in [0.15, 0.2) is 6.29 Å². The van der Waals surface area contributed by atoms with E-state index >= 15 is 0 Å². The van der Waals surface area contributed by atoms with Gasteiger partial charge in [-0.05, 0) is 41.5 Å². The maximum atomic E-state index is 11.7. The van der Waals surface area contributed by atoms with E-state index < -0.39 is 0 Å². The van der Waals surface area contributed by atoms with Crippen LogP contribution < -0.4 is 4.74 Å². The largest absolute Gasteiger partial charge is 0.466 e. The summed E-state index contributed by atoms with van der Waals surface area (Å²) in [6.45, 7) is 3.00. The summed E-state index contributed by atoms with van der Waals surface area (Å²) in [7, 11) is 0. The fourth-order valence-corrected chi connectivity index (χ4v) is 3.03. The van der Waals surface area contributed by atoms with E-state index in [1.807, 2.05) is 41.3 Å². The normalized spacial score (nSPS) is 19.5. The number of allylic oxidation sites excluding steroid dienone is 1. The van der Waals surface area contributed by atoms with Crippen LogP contribution in [0.4, 0.5) is 0 Å². The first-order valence-electron chi connectivity index (χ1n) is 8.03. The van der Waals surface area contributed by atoms with Crippen molar-refractivity contribution < 1.29 is 19.0 Å². The van der Waals surface area contributed by atoms with E-state index in [0.29, 0.717) is 13.0 Å². The number of esters is 1. The molecule has 1 aliphatic heterocycles. The number of carbonyl (C=O) groups is 1. The third-order valence-electron chi connectivity index (χ3n) is 3.71. The van der Waals surface area contributed by atoms with Crippen LogP contribution in [0.25, 0.3) is 0 Å². The lowest BCUT2D eigenvalue weighted by atomic mass is 9.96. The molecule has 1 heterocycles. The fraction of sp³-hybridized carbons (Fsp3) is 0.500. The number of halogens is 1. The second kappa shape index (κ2) is 9.93. The first-order chi connectivity index (χ1) is 11.2. The molecule has 126 valence electrons. The summed E-state index contributed by atoms with van der Waals surface area (Å²) in [5, 5.41) is 0. The van der Waals surface area contributed by atoms with Crippen molar-refractivity contribution in [2.24, 2.45) is 0 Å². The Bertz CT molecular complexity index is 506. The Kier molecular flexibility index (Phi) is 7.88. The maximum Gasteiger partial charge on any atom is 0.306 e. The molecule has 0 bridgehead atoms. The smallest absolute Gasteiger partial charge is 0.306 e. The van der Waals surface area contributed by atoms with Crippen molar-refractivity contribution in [3.8, 4) is 5.75 Å². The number of ether oxygens (including phenoxy) is 3. The molecule has 4 nitrogen and oxygen atoms in total. The van der Waals surface area contributed by atoms with Crippen molar-refractivity contribution in [2.75, 3.05) is 13.2 Å². The Morgan fingerprint density at radius 3 is 2.78 bits per heavy atom. The zero-order valence-electron chi connectivity index (χ0n) is 13.4. The van der Waals surface area contributed by atoms with Crippen LogP contribution in [0, 0.1) is 0 Å². The molecule has 1 fully saturated rings. The van der Waals surface area contributed by atoms with Gasteiger partial charge < -0.3 is 14.2 Å². The average molecular weight is 430 g/mol. The molecule has 0 aromatic heterocycles. The highest BCUT2D eigenvalue weighted by Gasteiger charge is 2.17. The first-order valence-corrected chi connectivity index (χ1v) is 9.28. The Balaban J connectivity index is 1.98. The number of hydrogen-bond donors (Lipinski definition) is 0. The van der Waals surface area contributed by atoms with E-state index in [9.17, 15) is 4.79 Å². The molecule has 1 aliphatic rings. The summed E-state index contributed by atoms with van der Waals surface area (Å²) >= 11 is 2.17. The molecule has 23 heavy (non-hydrogen) atoms. The van der Waals surface area contributed by atoms with Gasteiger partial charge in [-0.3, -0.25) is 4.79 Å². The first kappa shape index (κ1) is 18.3. The summed E-state index contributed by atoms with van der Waals surface area (Å²) in [5.41, 5.74) is 1.07. The molecule has 0 saturated carbocycles. The molecule has 0 N–H and O–H groups in total. The highest BCUT2D eigenvalue weighted by molar-refractivity contribution is 14.1. The number of rotatable bonds is 7. The van der Waals surface area contributed by atoms with Crippen molar-refractivity contribution in [3.63, 3.8) is 0 Å². The monoisotopic (exact) mass is 430 g/mol. The lowest BCUT2D eigenvalue weighted by molar-refractivity contribution is -0.143. The van der Waals surface area contributed by atoms with Gasteiger partial charge in [-0.2, -0.15) is 0 Å². The molecular formula is C18H23IO4. The quantitative estimate of drug-likeness (QED) is 0.470. The molecule has 2 atom stereocenters. The Morgan fingerprint density at radius 1 is 1.39 bits per heavy atom. The van der Waals surface area contributed by atoms with Crippen molar-refractivity contribution in [1.82, 2.24) is 0 Å². The zero-order chi connectivity index (χ0) is 16.5. The minimum Gasteiger partial charge on any atom is -0.466 e. The highest BCUT2D eigenvalue weighted by atomic mass is 127. The molecule has 1 saturated heterocycles. The second-order valence-electron chi connectivity index (χ2n) is 5.42. The molecule has 2 rings (SSSR count). The molecule has 1 aromatic rings. The van der Waals surface area contributed by atoms with E-state index in [1.165, 1.54) is 0 Å². The summed E-state index contributed by atoms with van der Waals surface area (Å²) in [6.07, 6.45) is 5.41. The van der Waals surface area contributed by atoms with Crippen LogP contribution in [0.1, 0.15) is 44.1 Å². The second-order valence-corrected chi connectivity index (χ2v) is 6.14. The lowest BCUT2D eigenvalue weighted by Crippen LogP contribution is -2.24. The van der Waals surface area contributed by atoms with Gasteiger partial charge >= 0.3 is 5.97 Å². The maximum absolute atomic E-state index is 11.7. The molecule has 1 unspecified atom stereocenters. The van der Waals surface area contributed by atoms with Crippen LogP contribution in [0.15, 0.2) is 34.4 Å². The Hall–Kier alpha value is -1.08. The Labute approximate surface area is 151 Å².